The Hall–Kier alpha value is -3.11. The van der Waals surface area contributed by atoms with Gasteiger partial charge in [0, 0.05) is 22.5 Å². The van der Waals surface area contributed by atoms with Crippen LogP contribution in [0.3, 0.4) is 0 Å². The highest BCUT2D eigenvalue weighted by Crippen LogP contribution is 2.30. The summed E-state index contributed by atoms with van der Waals surface area (Å²) in [6.07, 6.45) is 0. The van der Waals surface area contributed by atoms with Crippen LogP contribution in [0.5, 0.6) is 0 Å². The van der Waals surface area contributed by atoms with Gasteiger partial charge in [0.25, 0.3) is 0 Å². The van der Waals surface area contributed by atoms with E-state index < -0.39 is 0 Å². The third-order valence-corrected chi connectivity index (χ3v) is 5.26. The smallest absolute Gasteiger partial charge is 0.241 e. The van der Waals surface area contributed by atoms with Gasteiger partial charge in [0.1, 0.15) is 12.2 Å². The van der Waals surface area contributed by atoms with Gasteiger partial charge in [-0.1, -0.05) is 79.2 Å². The molecule has 29 heavy (non-hydrogen) atoms. The van der Waals surface area contributed by atoms with Gasteiger partial charge in [-0.2, -0.15) is 5.10 Å². The molecule has 0 saturated heterocycles. The fraction of sp³-hybridized carbons (Fsp3) is 0.167. The predicted octanol–water partition coefficient (Wildman–Crippen LogP) is 5.28. The Morgan fingerprint density at radius 1 is 1.03 bits per heavy atom. The van der Waals surface area contributed by atoms with E-state index in [9.17, 15) is 4.79 Å². The molecular weight excluding hydrogens is 382 g/mol. The SMILES string of the molecule is CC(CNC(=O)Cn1nc(-c2ccccc2)c2cc(Cl)ccc21)c1ccccc1. The number of rotatable bonds is 6. The molecule has 0 spiro atoms. The van der Waals surface area contributed by atoms with Gasteiger partial charge >= 0.3 is 0 Å². The lowest BCUT2D eigenvalue weighted by molar-refractivity contribution is -0.121. The molecule has 1 heterocycles. The summed E-state index contributed by atoms with van der Waals surface area (Å²) in [4.78, 5) is 12.6. The number of halogens is 1. The van der Waals surface area contributed by atoms with Crippen molar-refractivity contribution < 1.29 is 4.79 Å². The number of fused-ring (bicyclic) bond motifs is 1. The number of carbonyl (C=O) groups excluding carboxylic acids is 1. The Morgan fingerprint density at radius 3 is 2.45 bits per heavy atom. The Morgan fingerprint density at radius 2 is 1.72 bits per heavy atom. The molecule has 4 aromatic rings. The van der Waals surface area contributed by atoms with Gasteiger partial charge in [-0.25, -0.2) is 0 Å². The molecule has 1 N–H and O–H groups in total. The summed E-state index contributed by atoms with van der Waals surface area (Å²) in [5.74, 6) is 0.181. The van der Waals surface area contributed by atoms with Gasteiger partial charge in [0.05, 0.1) is 5.52 Å². The largest absolute Gasteiger partial charge is 0.354 e. The van der Waals surface area contributed by atoms with Crippen LogP contribution in [0.4, 0.5) is 0 Å². The number of benzene rings is 3. The second-order valence-electron chi connectivity index (χ2n) is 7.15. The maximum atomic E-state index is 12.6. The van der Waals surface area contributed by atoms with Crippen molar-refractivity contribution in [2.24, 2.45) is 0 Å². The molecule has 0 aliphatic rings. The second-order valence-corrected chi connectivity index (χ2v) is 7.59. The molecule has 4 nitrogen and oxygen atoms in total. The first-order chi connectivity index (χ1) is 14.1. The molecule has 0 bridgehead atoms. The number of hydrogen-bond donors (Lipinski definition) is 1. The van der Waals surface area contributed by atoms with E-state index in [4.69, 9.17) is 16.7 Å². The van der Waals surface area contributed by atoms with E-state index in [0.29, 0.717) is 11.6 Å². The van der Waals surface area contributed by atoms with E-state index in [-0.39, 0.29) is 18.4 Å². The lowest BCUT2D eigenvalue weighted by Gasteiger charge is -2.13. The van der Waals surface area contributed by atoms with Gasteiger partial charge in [0.2, 0.25) is 5.91 Å². The first-order valence-corrected chi connectivity index (χ1v) is 10.0. The summed E-state index contributed by atoms with van der Waals surface area (Å²) < 4.78 is 1.75. The molecular formula is C24H22ClN3O. The molecule has 1 amide bonds. The monoisotopic (exact) mass is 403 g/mol. The maximum Gasteiger partial charge on any atom is 0.241 e. The third kappa shape index (κ3) is 4.33. The van der Waals surface area contributed by atoms with E-state index in [0.717, 1.165) is 22.2 Å². The van der Waals surface area contributed by atoms with Gasteiger partial charge in [-0.05, 0) is 29.7 Å². The summed E-state index contributed by atoms with van der Waals surface area (Å²) in [7, 11) is 0. The van der Waals surface area contributed by atoms with Crippen LogP contribution in [0.15, 0.2) is 78.9 Å². The minimum Gasteiger partial charge on any atom is -0.354 e. The maximum absolute atomic E-state index is 12.6. The third-order valence-electron chi connectivity index (χ3n) is 5.03. The fourth-order valence-corrected chi connectivity index (χ4v) is 3.61. The van der Waals surface area contributed by atoms with E-state index >= 15 is 0 Å². The average Bonchev–Trinajstić information content (AvgIpc) is 3.10. The zero-order valence-corrected chi connectivity index (χ0v) is 16.9. The topological polar surface area (TPSA) is 46.9 Å². The Labute approximate surface area is 175 Å². The molecule has 4 rings (SSSR count). The highest BCUT2D eigenvalue weighted by atomic mass is 35.5. The Bertz CT molecular complexity index is 1120. The average molecular weight is 404 g/mol. The number of hydrogen-bond acceptors (Lipinski definition) is 2. The van der Waals surface area contributed by atoms with Crippen molar-refractivity contribution in [3.05, 3.63) is 89.4 Å². The summed E-state index contributed by atoms with van der Waals surface area (Å²) in [6.45, 7) is 2.85. The van der Waals surface area contributed by atoms with Crippen LogP contribution in [0.2, 0.25) is 5.02 Å². The lowest BCUT2D eigenvalue weighted by Crippen LogP contribution is -2.31. The molecule has 1 unspecified atom stereocenters. The van der Waals surface area contributed by atoms with Crippen LogP contribution >= 0.6 is 11.6 Å². The normalized spacial score (nSPS) is 12.1. The summed E-state index contributed by atoms with van der Waals surface area (Å²) in [5.41, 5.74) is 3.92. The van der Waals surface area contributed by atoms with Gasteiger partial charge in [0.15, 0.2) is 0 Å². The summed E-state index contributed by atoms with van der Waals surface area (Å²) in [5, 5.41) is 9.34. The molecule has 1 aromatic heterocycles. The predicted molar refractivity (Wildman–Crippen MR) is 118 cm³/mol. The van der Waals surface area contributed by atoms with Crippen molar-refractivity contribution >= 4 is 28.4 Å². The zero-order chi connectivity index (χ0) is 20.2. The number of amides is 1. The number of aromatic nitrogens is 2. The van der Waals surface area contributed by atoms with Crippen molar-refractivity contribution in [2.45, 2.75) is 19.4 Å². The quantitative estimate of drug-likeness (QED) is 0.476. The van der Waals surface area contributed by atoms with Gasteiger partial charge < -0.3 is 5.32 Å². The van der Waals surface area contributed by atoms with Crippen molar-refractivity contribution in [3.63, 3.8) is 0 Å². The van der Waals surface area contributed by atoms with Crippen molar-refractivity contribution in [3.8, 4) is 11.3 Å². The number of nitrogens with one attached hydrogen (secondary N) is 1. The molecule has 0 radical (unpaired) electrons. The van der Waals surface area contributed by atoms with E-state index in [1.54, 1.807) is 4.68 Å². The molecule has 146 valence electrons. The summed E-state index contributed by atoms with van der Waals surface area (Å²) in [6, 6.07) is 25.8. The van der Waals surface area contributed by atoms with Crippen LogP contribution < -0.4 is 5.32 Å². The lowest BCUT2D eigenvalue weighted by atomic mass is 10.0. The summed E-state index contributed by atoms with van der Waals surface area (Å²) >= 11 is 6.22. The van der Waals surface area contributed by atoms with Crippen molar-refractivity contribution in [2.75, 3.05) is 6.54 Å². The van der Waals surface area contributed by atoms with Crippen molar-refractivity contribution in [1.82, 2.24) is 15.1 Å². The van der Waals surface area contributed by atoms with E-state index in [1.807, 2.05) is 66.7 Å². The minimum atomic E-state index is -0.0632. The highest BCUT2D eigenvalue weighted by molar-refractivity contribution is 6.31. The zero-order valence-electron chi connectivity index (χ0n) is 16.2. The minimum absolute atomic E-state index is 0.0632. The molecule has 3 aromatic carbocycles. The first kappa shape index (κ1) is 19.2. The fourth-order valence-electron chi connectivity index (χ4n) is 3.44. The van der Waals surface area contributed by atoms with E-state index in [2.05, 4.69) is 24.4 Å². The van der Waals surface area contributed by atoms with Crippen LogP contribution in [-0.4, -0.2) is 22.2 Å². The molecule has 1 atom stereocenters. The van der Waals surface area contributed by atoms with Crippen LogP contribution in [0.25, 0.3) is 22.2 Å². The molecule has 5 heteroatoms. The van der Waals surface area contributed by atoms with Crippen LogP contribution in [0, 0.1) is 0 Å². The molecule has 0 saturated carbocycles. The Kier molecular flexibility index (Phi) is 5.63. The van der Waals surface area contributed by atoms with E-state index in [1.165, 1.54) is 5.56 Å². The van der Waals surface area contributed by atoms with Crippen molar-refractivity contribution in [1.29, 1.82) is 0 Å². The Balaban J connectivity index is 1.54. The molecule has 0 fully saturated rings. The second kappa shape index (κ2) is 8.50. The number of carbonyl (C=O) groups is 1. The number of nitrogens with zero attached hydrogens (tertiary/aromatic N) is 2. The van der Waals surface area contributed by atoms with Gasteiger partial charge in [-0.3, -0.25) is 9.48 Å². The van der Waals surface area contributed by atoms with Crippen LogP contribution in [-0.2, 0) is 11.3 Å². The highest BCUT2D eigenvalue weighted by Gasteiger charge is 2.15. The molecule has 0 aliphatic heterocycles. The van der Waals surface area contributed by atoms with Crippen LogP contribution in [0.1, 0.15) is 18.4 Å². The standard InChI is InChI=1S/C24H22ClN3O/c1-17(18-8-4-2-5-9-18)15-26-23(29)16-28-22-13-12-20(25)14-21(22)24(27-28)19-10-6-3-7-11-19/h2-14,17H,15-16H2,1H3,(H,26,29). The molecule has 0 aliphatic carbocycles. The van der Waals surface area contributed by atoms with Gasteiger partial charge in [-0.15, -0.1) is 0 Å². The first-order valence-electron chi connectivity index (χ1n) is 9.65.